The van der Waals surface area contributed by atoms with Crippen molar-refractivity contribution in [2.75, 3.05) is 13.1 Å². The molecular formula is C15H30N2O. The van der Waals surface area contributed by atoms with Crippen LogP contribution in [0.15, 0.2) is 0 Å². The summed E-state index contributed by atoms with van der Waals surface area (Å²) in [4.78, 5) is 11.8. The van der Waals surface area contributed by atoms with Gasteiger partial charge in [0.25, 0.3) is 0 Å². The highest BCUT2D eigenvalue weighted by Gasteiger charge is 2.20. The second-order valence-electron chi connectivity index (χ2n) is 6.41. The zero-order valence-electron chi connectivity index (χ0n) is 12.5. The Kier molecular flexibility index (Phi) is 6.69. The molecule has 1 rings (SSSR count). The maximum Gasteiger partial charge on any atom is 0.236 e. The third-order valence-electron chi connectivity index (χ3n) is 3.84. The molecule has 0 bridgehead atoms. The van der Waals surface area contributed by atoms with Crippen molar-refractivity contribution in [3.63, 3.8) is 0 Å². The third kappa shape index (κ3) is 5.85. The zero-order valence-corrected chi connectivity index (χ0v) is 12.5. The molecule has 0 heterocycles. The van der Waals surface area contributed by atoms with E-state index in [0.29, 0.717) is 5.92 Å². The lowest BCUT2D eigenvalue weighted by Crippen LogP contribution is -2.45. The molecule has 3 heteroatoms. The normalized spacial score (nSPS) is 26.1. The van der Waals surface area contributed by atoms with Gasteiger partial charge in [-0.3, -0.25) is 4.79 Å². The van der Waals surface area contributed by atoms with Crippen LogP contribution in [0.25, 0.3) is 0 Å². The molecule has 1 aliphatic carbocycles. The number of nitrogens with one attached hydrogen (secondary N) is 2. The van der Waals surface area contributed by atoms with E-state index in [1.54, 1.807) is 0 Å². The van der Waals surface area contributed by atoms with Gasteiger partial charge in [-0.1, -0.05) is 33.6 Å². The van der Waals surface area contributed by atoms with Crippen LogP contribution in [-0.4, -0.2) is 25.0 Å². The highest BCUT2D eigenvalue weighted by atomic mass is 16.2. The molecular weight excluding hydrogens is 224 g/mol. The lowest BCUT2D eigenvalue weighted by Gasteiger charge is -2.28. The Morgan fingerprint density at radius 2 is 2.00 bits per heavy atom. The van der Waals surface area contributed by atoms with Crippen LogP contribution in [0.4, 0.5) is 0 Å². The van der Waals surface area contributed by atoms with Gasteiger partial charge in [-0.15, -0.1) is 0 Å². The van der Waals surface area contributed by atoms with Crippen molar-refractivity contribution in [2.45, 2.75) is 59.4 Å². The van der Waals surface area contributed by atoms with E-state index >= 15 is 0 Å². The minimum Gasteiger partial charge on any atom is -0.354 e. The number of rotatable bonds is 6. The first-order valence-corrected chi connectivity index (χ1v) is 7.50. The Hall–Kier alpha value is -0.570. The van der Waals surface area contributed by atoms with Gasteiger partial charge in [0.1, 0.15) is 0 Å². The van der Waals surface area contributed by atoms with Gasteiger partial charge < -0.3 is 10.6 Å². The fourth-order valence-corrected chi connectivity index (χ4v) is 2.64. The molecule has 3 nitrogen and oxygen atoms in total. The smallest absolute Gasteiger partial charge is 0.236 e. The van der Waals surface area contributed by atoms with Gasteiger partial charge >= 0.3 is 0 Å². The lowest BCUT2D eigenvalue weighted by molar-refractivity contribution is -0.122. The summed E-state index contributed by atoms with van der Waals surface area (Å²) in [6.45, 7) is 10.3. The Labute approximate surface area is 112 Å². The van der Waals surface area contributed by atoms with E-state index < -0.39 is 0 Å². The van der Waals surface area contributed by atoms with Crippen LogP contribution in [0.3, 0.4) is 0 Å². The Bertz CT molecular complexity index is 253. The minimum absolute atomic E-state index is 0.0685. The van der Waals surface area contributed by atoms with Gasteiger partial charge in [-0.25, -0.2) is 0 Å². The maximum atomic E-state index is 11.8. The SMILES string of the molecule is CC(C)CNC(=O)C(C)NCC1CCCC(C)C1. The largest absolute Gasteiger partial charge is 0.354 e. The van der Waals surface area contributed by atoms with Crippen molar-refractivity contribution in [1.82, 2.24) is 10.6 Å². The minimum atomic E-state index is -0.0685. The molecule has 0 aromatic rings. The van der Waals surface area contributed by atoms with Crippen LogP contribution in [0.2, 0.25) is 0 Å². The van der Waals surface area contributed by atoms with E-state index in [4.69, 9.17) is 0 Å². The fourth-order valence-electron chi connectivity index (χ4n) is 2.64. The summed E-state index contributed by atoms with van der Waals surface area (Å²) in [6, 6.07) is -0.0685. The molecule has 3 atom stereocenters. The Morgan fingerprint density at radius 3 is 2.61 bits per heavy atom. The summed E-state index contributed by atoms with van der Waals surface area (Å²) < 4.78 is 0. The first kappa shape index (κ1) is 15.5. The summed E-state index contributed by atoms with van der Waals surface area (Å²) in [7, 11) is 0. The Balaban J connectivity index is 2.19. The van der Waals surface area contributed by atoms with Crippen LogP contribution in [-0.2, 0) is 4.79 Å². The zero-order chi connectivity index (χ0) is 13.5. The average Bonchev–Trinajstić information content (AvgIpc) is 2.33. The average molecular weight is 254 g/mol. The van der Waals surface area contributed by atoms with E-state index in [-0.39, 0.29) is 11.9 Å². The van der Waals surface area contributed by atoms with Crippen molar-refractivity contribution < 1.29 is 4.79 Å². The Morgan fingerprint density at radius 1 is 1.28 bits per heavy atom. The van der Waals surface area contributed by atoms with E-state index in [9.17, 15) is 4.79 Å². The molecule has 3 unspecified atom stereocenters. The van der Waals surface area contributed by atoms with Crippen LogP contribution in [0.5, 0.6) is 0 Å². The van der Waals surface area contributed by atoms with Crippen molar-refractivity contribution in [2.24, 2.45) is 17.8 Å². The first-order valence-electron chi connectivity index (χ1n) is 7.50. The molecule has 1 aliphatic rings. The molecule has 0 spiro atoms. The standard InChI is InChI=1S/C15H30N2O/c1-11(2)9-17-15(18)13(4)16-10-14-7-5-6-12(3)8-14/h11-14,16H,5-10H2,1-4H3,(H,17,18). The van der Waals surface area contributed by atoms with Gasteiger partial charge in [0.2, 0.25) is 5.91 Å². The number of hydrogen-bond donors (Lipinski definition) is 2. The van der Waals surface area contributed by atoms with Crippen molar-refractivity contribution >= 4 is 5.91 Å². The van der Waals surface area contributed by atoms with Crippen molar-refractivity contribution in [1.29, 1.82) is 0 Å². The summed E-state index contributed by atoms with van der Waals surface area (Å²) >= 11 is 0. The van der Waals surface area contributed by atoms with E-state index in [1.165, 1.54) is 25.7 Å². The number of amides is 1. The van der Waals surface area contributed by atoms with Crippen molar-refractivity contribution in [3.8, 4) is 0 Å². The number of hydrogen-bond acceptors (Lipinski definition) is 2. The van der Waals surface area contributed by atoms with Gasteiger partial charge in [0, 0.05) is 6.54 Å². The molecule has 2 N–H and O–H groups in total. The van der Waals surface area contributed by atoms with Crippen LogP contribution in [0.1, 0.15) is 53.4 Å². The molecule has 0 saturated heterocycles. The maximum absolute atomic E-state index is 11.8. The lowest BCUT2D eigenvalue weighted by atomic mass is 9.82. The molecule has 1 fully saturated rings. The van der Waals surface area contributed by atoms with Gasteiger partial charge in [-0.2, -0.15) is 0 Å². The quantitative estimate of drug-likeness (QED) is 0.765. The molecule has 0 aliphatic heterocycles. The summed E-state index contributed by atoms with van der Waals surface area (Å²) in [6.07, 6.45) is 5.35. The first-order chi connectivity index (χ1) is 8.49. The molecule has 0 radical (unpaired) electrons. The van der Waals surface area contributed by atoms with E-state index in [2.05, 4.69) is 31.4 Å². The fraction of sp³-hybridized carbons (Fsp3) is 0.933. The van der Waals surface area contributed by atoms with Crippen molar-refractivity contribution in [3.05, 3.63) is 0 Å². The molecule has 1 amide bonds. The predicted octanol–water partition coefficient (Wildman–Crippen LogP) is 2.56. The second kappa shape index (κ2) is 7.78. The van der Waals surface area contributed by atoms with Crippen LogP contribution in [0, 0.1) is 17.8 Å². The van der Waals surface area contributed by atoms with Gasteiger partial charge in [-0.05, 0) is 44.1 Å². The molecule has 1 saturated carbocycles. The predicted molar refractivity (Wildman–Crippen MR) is 76.4 cm³/mol. The topological polar surface area (TPSA) is 41.1 Å². The summed E-state index contributed by atoms with van der Waals surface area (Å²) in [5.41, 5.74) is 0. The van der Waals surface area contributed by atoms with Crippen LogP contribution >= 0.6 is 0 Å². The number of carbonyl (C=O) groups excluding carboxylic acids is 1. The van der Waals surface area contributed by atoms with E-state index in [0.717, 1.165) is 24.9 Å². The highest BCUT2D eigenvalue weighted by Crippen LogP contribution is 2.27. The van der Waals surface area contributed by atoms with E-state index in [1.807, 2.05) is 6.92 Å². The summed E-state index contributed by atoms with van der Waals surface area (Å²) in [5, 5.41) is 6.36. The molecule has 0 aromatic heterocycles. The second-order valence-corrected chi connectivity index (χ2v) is 6.41. The van der Waals surface area contributed by atoms with Crippen LogP contribution < -0.4 is 10.6 Å². The number of carbonyl (C=O) groups is 1. The monoisotopic (exact) mass is 254 g/mol. The van der Waals surface area contributed by atoms with Gasteiger partial charge in [0.05, 0.1) is 6.04 Å². The highest BCUT2D eigenvalue weighted by molar-refractivity contribution is 5.81. The molecule has 106 valence electrons. The van der Waals surface area contributed by atoms with Gasteiger partial charge in [0.15, 0.2) is 0 Å². The molecule has 18 heavy (non-hydrogen) atoms. The summed E-state index contributed by atoms with van der Waals surface area (Å²) in [5.74, 6) is 2.26. The molecule has 0 aromatic carbocycles. The third-order valence-corrected chi connectivity index (χ3v) is 3.84.